The van der Waals surface area contributed by atoms with Gasteiger partial charge in [-0.1, -0.05) is 30.3 Å². The Labute approximate surface area is 137 Å². The van der Waals surface area contributed by atoms with Crippen LogP contribution in [0.2, 0.25) is 0 Å². The van der Waals surface area contributed by atoms with Crippen molar-refractivity contribution in [2.45, 2.75) is 12.5 Å². The Bertz CT molecular complexity index is 703. The third-order valence-electron chi connectivity index (χ3n) is 3.70. The molecule has 2 aromatic carbocycles. The standard InChI is InChI=1S/C17H15BrN2O2/c18-14-9-5-4-8-13(14)16(21)19-15-10-11-20(17(15)22)12-6-2-1-3-7-12/h1-9,15H,10-11H2,(H,19,21). The Morgan fingerprint density at radius 3 is 2.50 bits per heavy atom. The summed E-state index contributed by atoms with van der Waals surface area (Å²) in [4.78, 5) is 26.5. The number of nitrogens with one attached hydrogen (secondary N) is 1. The van der Waals surface area contributed by atoms with E-state index < -0.39 is 6.04 Å². The molecule has 1 saturated heterocycles. The summed E-state index contributed by atoms with van der Waals surface area (Å²) in [6, 6.07) is 16.2. The van der Waals surface area contributed by atoms with E-state index in [-0.39, 0.29) is 11.8 Å². The van der Waals surface area contributed by atoms with E-state index in [0.29, 0.717) is 18.5 Å². The molecule has 1 fully saturated rings. The number of rotatable bonds is 3. The number of anilines is 1. The van der Waals surface area contributed by atoms with Gasteiger partial charge in [-0.3, -0.25) is 9.59 Å². The van der Waals surface area contributed by atoms with E-state index in [1.54, 1.807) is 17.0 Å². The number of nitrogens with zero attached hydrogens (tertiary/aromatic N) is 1. The molecular weight excluding hydrogens is 344 g/mol. The molecule has 1 aliphatic rings. The van der Waals surface area contributed by atoms with Crippen LogP contribution >= 0.6 is 15.9 Å². The predicted molar refractivity (Wildman–Crippen MR) is 88.8 cm³/mol. The van der Waals surface area contributed by atoms with Gasteiger partial charge in [0.25, 0.3) is 5.91 Å². The minimum atomic E-state index is -0.472. The maximum atomic E-state index is 12.5. The summed E-state index contributed by atoms with van der Waals surface area (Å²) in [5, 5.41) is 2.83. The second-order valence-electron chi connectivity index (χ2n) is 5.12. The van der Waals surface area contributed by atoms with Gasteiger partial charge in [-0.2, -0.15) is 0 Å². The summed E-state index contributed by atoms with van der Waals surface area (Å²) in [5.41, 5.74) is 1.40. The normalized spacial score (nSPS) is 17.6. The predicted octanol–water partition coefficient (Wildman–Crippen LogP) is 2.98. The molecule has 1 atom stereocenters. The molecule has 0 spiro atoms. The molecule has 0 saturated carbocycles. The molecule has 0 aliphatic carbocycles. The fourth-order valence-electron chi connectivity index (χ4n) is 2.56. The van der Waals surface area contributed by atoms with Gasteiger partial charge < -0.3 is 10.2 Å². The highest BCUT2D eigenvalue weighted by molar-refractivity contribution is 9.10. The second-order valence-corrected chi connectivity index (χ2v) is 5.97. The number of para-hydroxylation sites is 1. The number of carbonyl (C=O) groups excluding carboxylic acids is 2. The van der Waals surface area contributed by atoms with Gasteiger partial charge in [0.2, 0.25) is 5.91 Å². The maximum Gasteiger partial charge on any atom is 0.253 e. The van der Waals surface area contributed by atoms with Crippen molar-refractivity contribution >= 4 is 33.4 Å². The van der Waals surface area contributed by atoms with Gasteiger partial charge in [0, 0.05) is 16.7 Å². The van der Waals surface area contributed by atoms with Crippen LogP contribution in [0.1, 0.15) is 16.8 Å². The van der Waals surface area contributed by atoms with Crippen molar-refractivity contribution < 1.29 is 9.59 Å². The van der Waals surface area contributed by atoms with Crippen LogP contribution in [0.4, 0.5) is 5.69 Å². The fraction of sp³-hybridized carbons (Fsp3) is 0.176. The number of halogens is 1. The van der Waals surface area contributed by atoms with Gasteiger partial charge in [0.05, 0.1) is 5.56 Å². The number of hydrogen-bond donors (Lipinski definition) is 1. The molecule has 4 nitrogen and oxygen atoms in total. The average Bonchev–Trinajstić information content (AvgIpc) is 2.89. The summed E-state index contributed by atoms with van der Waals surface area (Å²) >= 11 is 3.35. The zero-order chi connectivity index (χ0) is 15.5. The first kappa shape index (κ1) is 14.8. The highest BCUT2D eigenvalue weighted by atomic mass is 79.9. The Morgan fingerprint density at radius 2 is 1.77 bits per heavy atom. The van der Waals surface area contributed by atoms with E-state index in [0.717, 1.165) is 10.2 Å². The first-order valence-electron chi connectivity index (χ1n) is 7.08. The Hall–Kier alpha value is -2.14. The lowest BCUT2D eigenvalue weighted by molar-refractivity contribution is -0.118. The molecule has 0 radical (unpaired) electrons. The molecule has 0 aromatic heterocycles. The van der Waals surface area contributed by atoms with E-state index in [1.165, 1.54) is 0 Å². The molecule has 112 valence electrons. The Balaban J connectivity index is 1.71. The molecule has 1 heterocycles. The lowest BCUT2D eigenvalue weighted by Crippen LogP contribution is -2.41. The number of amides is 2. The summed E-state index contributed by atoms with van der Waals surface area (Å²) < 4.78 is 0.720. The molecular formula is C17H15BrN2O2. The highest BCUT2D eigenvalue weighted by Crippen LogP contribution is 2.22. The molecule has 5 heteroatoms. The van der Waals surface area contributed by atoms with Gasteiger partial charge in [-0.15, -0.1) is 0 Å². The summed E-state index contributed by atoms with van der Waals surface area (Å²) in [6.07, 6.45) is 0.615. The van der Waals surface area contributed by atoms with Crippen molar-refractivity contribution in [2.24, 2.45) is 0 Å². The van der Waals surface area contributed by atoms with Gasteiger partial charge in [0.1, 0.15) is 6.04 Å². The monoisotopic (exact) mass is 358 g/mol. The van der Waals surface area contributed by atoms with Gasteiger partial charge in [0.15, 0.2) is 0 Å². The molecule has 2 amide bonds. The zero-order valence-corrected chi connectivity index (χ0v) is 13.4. The van der Waals surface area contributed by atoms with Crippen LogP contribution in [-0.4, -0.2) is 24.4 Å². The van der Waals surface area contributed by atoms with Crippen molar-refractivity contribution in [3.05, 3.63) is 64.6 Å². The highest BCUT2D eigenvalue weighted by Gasteiger charge is 2.33. The molecule has 0 bridgehead atoms. The van der Waals surface area contributed by atoms with Crippen molar-refractivity contribution in [1.29, 1.82) is 0 Å². The van der Waals surface area contributed by atoms with Crippen LogP contribution in [0.3, 0.4) is 0 Å². The Kier molecular flexibility index (Phi) is 4.24. The minimum Gasteiger partial charge on any atom is -0.340 e. The second kappa shape index (κ2) is 6.32. The van der Waals surface area contributed by atoms with E-state index in [4.69, 9.17) is 0 Å². The fourth-order valence-corrected chi connectivity index (χ4v) is 3.02. The van der Waals surface area contributed by atoms with Crippen LogP contribution in [0, 0.1) is 0 Å². The van der Waals surface area contributed by atoms with Crippen LogP contribution in [0.5, 0.6) is 0 Å². The molecule has 1 aliphatic heterocycles. The smallest absolute Gasteiger partial charge is 0.253 e. The van der Waals surface area contributed by atoms with E-state index in [2.05, 4.69) is 21.2 Å². The largest absolute Gasteiger partial charge is 0.340 e. The molecule has 1 N–H and O–H groups in total. The van der Waals surface area contributed by atoms with E-state index in [9.17, 15) is 9.59 Å². The quantitative estimate of drug-likeness (QED) is 0.916. The summed E-state index contributed by atoms with van der Waals surface area (Å²) in [6.45, 7) is 0.615. The van der Waals surface area contributed by atoms with E-state index >= 15 is 0 Å². The van der Waals surface area contributed by atoms with Gasteiger partial charge >= 0.3 is 0 Å². The summed E-state index contributed by atoms with van der Waals surface area (Å²) in [5.74, 6) is -0.299. The van der Waals surface area contributed by atoms with Crippen LogP contribution < -0.4 is 10.2 Å². The van der Waals surface area contributed by atoms with Crippen molar-refractivity contribution in [3.63, 3.8) is 0 Å². The first-order chi connectivity index (χ1) is 10.7. The molecule has 2 aromatic rings. The van der Waals surface area contributed by atoms with Crippen molar-refractivity contribution in [3.8, 4) is 0 Å². The lowest BCUT2D eigenvalue weighted by Gasteiger charge is -2.17. The third-order valence-corrected chi connectivity index (χ3v) is 4.39. The van der Waals surface area contributed by atoms with Gasteiger partial charge in [-0.05, 0) is 46.6 Å². The van der Waals surface area contributed by atoms with Gasteiger partial charge in [-0.25, -0.2) is 0 Å². The minimum absolute atomic E-state index is 0.0633. The summed E-state index contributed by atoms with van der Waals surface area (Å²) in [7, 11) is 0. The lowest BCUT2D eigenvalue weighted by atomic mass is 10.2. The van der Waals surface area contributed by atoms with E-state index in [1.807, 2.05) is 42.5 Å². The topological polar surface area (TPSA) is 49.4 Å². The first-order valence-corrected chi connectivity index (χ1v) is 7.88. The third kappa shape index (κ3) is 2.90. The SMILES string of the molecule is O=C(NC1CCN(c2ccccc2)C1=O)c1ccccc1Br. The van der Waals surface area contributed by atoms with Crippen LogP contribution in [0.25, 0.3) is 0 Å². The number of benzene rings is 2. The van der Waals surface area contributed by atoms with Crippen LogP contribution in [-0.2, 0) is 4.79 Å². The molecule has 22 heavy (non-hydrogen) atoms. The van der Waals surface area contributed by atoms with Crippen molar-refractivity contribution in [1.82, 2.24) is 5.32 Å². The molecule has 3 rings (SSSR count). The van der Waals surface area contributed by atoms with Crippen LogP contribution in [0.15, 0.2) is 59.1 Å². The Morgan fingerprint density at radius 1 is 1.09 bits per heavy atom. The number of carbonyl (C=O) groups is 2. The zero-order valence-electron chi connectivity index (χ0n) is 11.8. The maximum absolute atomic E-state index is 12.5. The number of hydrogen-bond acceptors (Lipinski definition) is 2. The van der Waals surface area contributed by atoms with Crippen molar-refractivity contribution in [2.75, 3.05) is 11.4 Å². The molecule has 1 unspecified atom stereocenters. The average molecular weight is 359 g/mol.